The molecular weight excluding hydrogens is 336 g/mol. The number of nitrogens with one attached hydrogen (secondary N) is 2. The van der Waals surface area contributed by atoms with Gasteiger partial charge in [0.25, 0.3) is 0 Å². The summed E-state index contributed by atoms with van der Waals surface area (Å²) in [5.74, 6) is 0.0234. The summed E-state index contributed by atoms with van der Waals surface area (Å²) in [5, 5.41) is 5.95. The van der Waals surface area contributed by atoms with E-state index in [9.17, 15) is 13.2 Å². The van der Waals surface area contributed by atoms with Crippen molar-refractivity contribution in [3.8, 4) is 0 Å². The van der Waals surface area contributed by atoms with Crippen molar-refractivity contribution in [2.24, 2.45) is 0 Å². The van der Waals surface area contributed by atoms with Crippen LogP contribution in [-0.4, -0.2) is 32.2 Å². The van der Waals surface area contributed by atoms with Gasteiger partial charge < -0.3 is 10.6 Å². The number of amides is 1. The average Bonchev–Trinajstić information content (AvgIpc) is 2.63. The molecule has 0 bridgehead atoms. The van der Waals surface area contributed by atoms with E-state index < -0.39 is 9.84 Å². The van der Waals surface area contributed by atoms with Gasteiger partial charge in [0.15, 0.2) is 9.84 Å². The SMILES string of the molecule is O=C(Nc1cccc(CS(=O)(=O)C2CCCCC2)c1)C1CCCCN1. The maximum Gasteiger partial charge on any atom is 0.241 e. The number of hydrogen-bond acceptors (Lipinski definition) is 4. The average molecular weight is 365 g/mol. The third kappa shape index (κ3) is 5.05. The summed E-state index contributed by atoms with van der Waals surface area (Å²) in [6.45, 7) is 0.873. The van der Waals surface area contributed by atoms with Crippen LogP contribution in [0.5, 0.6) is 0 Å². The van der Waals surface area contributed by atoms with Crippen molar-refractivity contribution in [2.75, 3.05) is 11.9 Å². The topological polar surface area (TPSA) is 75.3 Å². The second-order valence-electron chi connectivity index (χ2n) is 7.26. The minimum atomic E-state index is -3.13. The summed E-state index contributed by atoms with van der Waals surface area (Å²) in [7, 11) is -3.13. The van der Waals surface area contributed by atoms with E-state index in [0.29, 0.717) is 5.69 Å². The lowest BCUT2D eigenvalue weighted by molar-refractivity contribution is -0.118. The van der Waals surface area contributed by atoms with E-state index in [4.69, 9.17) is 0 Å². The van der Waals surface area contributed by atoms with Gasteiger partial charge in [-0.05, 0) is 49.9 Å². The molecule has 0 spiro atoms. The molecule has 1 saturated carbocycles. The van der Waals surface area contributed by atoms with Gasteiger partial charge in [0.1, 0.15) is 0 Å². The molecule has 2 aliphatic rings. The molecule has 25 heavy (non-hydrogen) atoms. The zero-order valence-corrected chi connectivity index (χ0v) is 15.5. The summed E-state index contributed by atoms with van der Waals surface area (Å²) >= 11 is 0. The van der Waals surface area contributed by atoms with Gasteiger partial charge in [0, 0.05) is 5.69 Å². The molecule has 3 rings (SSSR count). The van der Waals surface area contributed by atoms with Gasteiger partial charge in [-0.1, -0.05) is 37.8 Å². The van der Waals surface area contributed by atoms with E-state index in [1.54, 1.807) is 6.07 Å². The quantitative estimate of drug-likeness (QED) is 0.842. The fourth-order valence-corrected chi connectivity index (χ4v) is 5.75. The number of carbonyl (C=O) groups is 1. The molecule has 1 saturated heterocycles. The molecule has 1 unspecified atom stereocenters. The van der Waals surface area contributed by atoms with Crippen LogP contribution in [0.4, 0.5) is 5.69 Å². The molecule has 1 heterocycles. The molecule has 1 aromatic rings. The molecule has 138 valence electrons. The Morgan fingerprint density at radius 1 is 1.08 bits per heavy atom. The van der Waals surface area contributed by atoms with Crippen molar-refractivity contribution < 1.29 is 13.2 Å². The highest BCUT2D eigenvalue weighted by Gasteiger charge is 2.27. The first kappa shape index (κ1) is 18.4. The Bertz CT molecular complexity index is 690. The summed E-state index contributed by atoms with van der Waals surface area (Å²) in [5.41, 5.74) is 1.42. The van der Waals surface area contributed by atoms with Crippen molar-refractivity contribution in [3.63, 3.8) is 0 Å². The van der Waals surface area contributed by atoms with E-state index in [0.717, 1.165) is 63.5 Å². The normalized spacial score (nSPS) is 22.5. The van der Waals surface area contributed by atoms with Gasteiger partial charge in [-0.2, -0.15) is 0 Å². The second-order valence-corrected chi connectivity index (χ2v) is 9.54. The maximum absolute atomic E-state index is 12.6. The lowest BCUT2D eigenvalue weighted by atomic mass is 10.0. The van der Waals surface area contributed by atoms with Gasteiger partial charge in [-0.3, -0.25) is 4.79 Å². The maximum atomic E-state index is 12.6. The van der Waals surface area contributed by atoms with Gasteiger partial charge in [0.2, 0.25) is 5.91 Å². The van der Waals surface area contributed by atoms with Crippen LogP contribution >= 0.6 is 0 Å². The monoisotopic (exact) mass is 364 g/mol. The molecule has 1 amide bonds. The van der Waals surface area contributed by atoms with Crippen LogP contribution in [0.3, 0.4) is 0 Å². The zero-order valence-electron chi connectivity index (χ0n) is 14.7. The summed E-state index contributed by atoms with van der Waals surface area (Å²) in [6.07, 6.45) is 7.74. The number of carbonyl (C=O) groups excluding carboxylic acids is 1. The summed E-state index contributed by atoms with van der Waals surface area (Å²) < 4.78 is 25.3. The molecule has 1 atom stereocenters. The molecule has 1 aliphatic carbocycles. The standard InChI is InChI=1S/C19H28N2O3S/c22-19(18-11-4-5-12-20-18)21-16-8-6-7-15(13-16)14-25(23,24)17-9-2-1-3-10-17/h6-8,13,17-18,20H,1-5,9-12,14H2,(H,21,22). The van der Waals surface area contributed by atoms with E-state index in [1.165, 1.54) is 0 Å². The predicted octanol–water partition coefficient (Wildman–Crippen LogP) is 3.01. The number of rotatable bonds is 5. The molecule has 1 aromatic carbocycles. The van der Waals surface area contributed by atoms with Crippen LogP contribution in [-0.2, 0) is 20.4 Å². The van der Waals surface area contributed by atoms with Crippen LogP contribution in [0.25, 0.3) is 0 Å². The molecule has 2 fully saturated rings. The Morgan fingerprint density at radius 2 is 1.84 bits per heavy atom. The van der Waals surface area contributed by atoms with E-state index >= 15 is 0 Å². The van der Waals surface area contributed by atoms with Gasteiger partial charge in [-0.15, -0.1) is 0 Å². The highest BCUT2D eigenvalue weighted by molar-refractivity contribution is 7.91. The summed E-state index contributed by atoms with van der Waals surface area (Å²) in [6, 6.07) is 7.10. The lowest BCUT2D eigenvalue weighted by Crippen LogP contribution is -2.43. The van der Waals surface area contributed by atoms with Crippen LogP contribution in [0, 0.1) is 0 Å². The number of benzene rings is 1. The lowest BCUT2D eigenvalue weighted by Gasteiger charge is -2.23. The third-order valence-corrected chi connectivity index (χ3v) is 7.47. The van der Waals surface area contributed by atoms with Gasteiger partial charge in [-0.25, -0.2) is 8.42 Å². The molecule has 5 nitrogen and oxygen atoms in total. The van der Waals surface area contributed by atoms with Gasteiger partial charge in [0.05, 0.1) is 17.0 Å². The minimum absolute atomic E-state index is 0.0352. The Labute approximate surface area is 150 Å². The van der Waals surface area contributed by atoms with Crippen molar-refractivity contribution >= 4 is 21.4 Å². The molecule has 0 aromatic heterocycles. The number of anilines is 1. The Hall–Kier alpha value is -1.40. The number of piperidine rings is 1. The summed E-state index contributed by atoms with van der Waals surface area (Å²) in [4.78, 5) is 12.3. The van der Waals surface area contributed by atoms with Crippen LogP contribution in [0.1, 0.15) is 56.9 Å². The van der Waals surface area contributed by atoms with E-state index in [-0.39, 0.29) is 23.0 Å². The fourth-order valence-electron chi connectivity index (χ4n) is 3.82. The fraction of sp³-hybridized carbons (Fsp3) is 0.632. The van der Waals surface area contributed by atoms with Crippen LogP contribution in [0.15, 0.2) is 24.3 Å². The van der Waals surface area contributed by atoms with Crippen LogP contribution < -0.4 is 10.6 Å². The first-order valence-corrected chi connectivity index (χ1v) is 11.1. The zero-order chi connectivity index (χ0) is 17.7. The van der Waals surface area contributed by atoms with Crippen molar-refractivity contribution in [2.45, 2.75) is 68.4 Å². The number of sulfone groups is 1. The Morgan fingerprint density at radius 3 is 2.56 bits per heavy atom. The molecule has 1 aliphatic heterocycles. The third-order valence-electron chi connectivity index (χ3n) is 5.25. The van der Waals surface area contributed by atoms with Crippen molar-refractivity contribution in [1.82, 2.24) is 5.32 Å². The Balaban J connectivity index is 1.63. The van der Waals surface area contributed by atoms with Crippen molar-refractivity contribution in [1.29, 1.82) is 0 Å². The highest BCUT2D eigenvalue weighted by Crippen LogP contribution is 2.26. The molecule has 6 heteroatoms. The Kier molecular flexibility index (Phi) is 6.12. The van der Waals surface area contributed by atoms with Crippen LogP contribution in [0.2, 0.25) is 0 Å². The minimum Gasteiger partial charge on any atom is -0.325 e. The largest absolute Gasteiger partial charge is 0.325 e. The van der Waals surface area contributed by atoms with E-state index in [2.05, 4.69) is 10.6 Å². The van der Waals surface area contributed by atoms with Crippen molar-refractivity contribution in [3.05, 3.63) is 29.8 Å². The highest BCUT2D eigenvalue weighted by atomic mass is 32.2. The van der Waals surface area contributed by atoms with E-state index in [1.807, 2.05) is 18.2 Å². The first-order valence-electron chi connectivity index (χ1n) is 9.39. The number of hydrogen-bond donors (Lipinski definition) is 2. The molecule has 2 N–H and O–H groups in total. The second kappa shape index (κ2) is 8.32. The predicted molar refractivity (Wildman–Crippen MR) is 100 cm³/mol. The smallest absolute Gasteiger partial charge is 0.241 e. The molecule has 0 radical (unpaired) electrons. The first-order chi connectivity index (χ1) is 12.0. The van der Waals surface area contributed by atoms with Gasteiger partial charge >= 0.3 is 0 Å². The molecular formula is C19H28N2O3S.